The van der Waals surface area contributed by atoms with Crippen molar-refractivity contribution in [2.24, 2.45) is 0 Å². The van der Waals surface area contributed by atoms with Crippen LogP contribution in [0.3, 0.4) is 0 Å². The van der Waals surface area contributed by atoms with Gasteiger partial charge < -0.3 is 10.2 Å². The van der Waals surface area contributed by atoms with Crippen LogP contribution in [0.1, 0.15) is 28.0 Å². The second-order valence-corrected chi connectivity index (χ2v) is 8.46. The number of aromatic nitrogens is 4. The van der Waals surface area contributed by atoms with E-state index < -0.39 is 22.7 Å². The third-order valence-corrected chi connectivity index (χ3v) is 6.37. The molecule has 2 aliphatic rings. The molecule has 2 saturated heterocycles. The zero-order chi connectivity index (χ0) is 23.2. The molecule has 2 aromatic heterocycles. The van der Waals surface area contributed by atoms with Crippen molar-refractivity contribution < 1.29 is 18.0 Å². The van der Waals surface area contributed by atoms with Crippen LogP contribution in [-0.2, 0) is 12.7 Å². The average molecular weight is 478 g/mol. The van der Waals surface area contributed by atoms with E-state index in [1.807, 2.05) is 0 Å². The Labute approximate surface area is 191 Å². The summed E-state index contributed by atoms with van der Waals surface area (Å²) in [6.45, 7) is 1.58. The normalized spacial score (nSPS) is 20.4. The molecule has 172 valence electrons. The number of H-pyrrole nitrogens is 1. The van der Waals surface area contributed by atoms with E-state index in [2.05, 4.69) is 30.4 Å². The summed E-state index contributed by atoms with van der Waals surface area (Å²) < 4.78 is 39.5. The number of anilines is 2. The zero-order valence-electron chi connectivity index (χ0n) is 17.2. The molecule has 2 atom stereocenters. The summed E-state index contributed by atoms with van der Waals surface area (Å²) in [6, 6.07) is 5.22. The Hall–Kier alpha value is -3.18. The largest absolute Gasteiger partial charge is 0.417 e. The van der Waals surface area contributed by atoms with Gasteiger partial charge in [-0.3, -0.25) is 19.8 Å². The van der Waals surface area contributed by atoms with Gasteiger partial charge in [0.2, 0.25) is 0 Å². The second-order valence-electron chi connectivity index (χ2n) is 8.09. The first-order chi connectivity index (χ1) is 15.8. The van der Waals surface area contributed by atoms with Gasteiger partial charge in [0, 0.05) is 44.0 Å². The molecule has 12 heteroatoms. The molecule has 33 heavy (non-hydrogen) atoms. The van der Waals surface area contributed by atoms with Crippen molar-refractivity contribution in [2.45, 2.75) is 31.2 Å². The van der Waals surface area contributed by atoms with E-state index in [0.29, 0.717) is 31.3 Å². The van der Waals surface area contributed by atoms with Gasteiger partial charge in [-0.25, -0.2) is 4.98 Å². The Morgan fingerprint density at radius 1 is 1.21 bits per heavy atom. The number of carbonyl (C=O) groups excluding carboxylic acids is 1. The number of likely N-dealkylation sites (tertiary alicyclic amines) is 2. The number of carbonyl (C=O) groups is 1. The third kappa shape index (κ3) is 4.25. The molecule has 0 saturated carbocycles. The number of halogens is 4. The summed E-state index contributed by atoms with van der Waals surface area (Å²) in [7, 11) is 0. The molecule has 2 N–H and O–H groups in total. The number of nitrogens with zero attached hydrogens (tertiary/aromatic N) is 5. The number of hydrogen-bond donors (Lipinski definition) is 2. The molecule has 4 heterocycles. The Morgan fingerprint density at radius 2 is 2.06 bits per heavy atom. The maximum Gasteiger partial charge on any atom is 0.417 e. The third-order valence-electron chi connectivity index (χ3n) is 5.96. The van der Waals surface area contributed by atoms with E-state index in [-0.39, 0.29) is 17.6 Å². The fourth-order valence-electron chi connectivity index (χ4n) is 4.48. The van der Waals surface area contributed by atoms with Crippen LogP contribution in [0.4, 0.5) is 24.8 Å². The van der Waals surface area contributed by atoms with Gasteiger partial charge in [-0.1, -0.05) is 17.7 Å². The van der Waals surface area contributed by atoms with Gasteiger partial charge in [-0.05, 0) is 18.6 Å². The second kappa shape index (κ2) is 8.31. The standard InChI is InChI=1S/C21H19ClF3N7O/c22-19-15(2-1-3-16(19)21(23,24)25)20(33)32-11-13-6-14(32)10-31(13)9-12-7-26-8-18(28-12)29-17-4-5-27-30-17/h1-5,7-8,13-14H,6,9-11H2,(H2,27,28,29,30)/t13-,14-/m1/s1. The molecule has 2 bridgehead atoms. The van der Waals surface area contributed by atoms with Crippen LogP contribution in [0.5, 0.6) is 0 Å². The number of rotatable bonds is 5. The lowest BCUT2D eigenvalue weighted by Crippen LogP contribution is -2.48. The van der Waals surface area contributed by atoms with E-state index in [9.17, 15) is 18.0 Å². The fourth-order valence-corrected chi connectivity index (χ4v) is 4.79. The topological polar surface area (TPSA) is 90.0 Å². The highest BCUT2D eigenvalue weighted by atomic mass is 35.5. The minimum Gasteiger partial charge on any atom is -0.333 e. The predicted octanol–water partition coefficient (Wildman–Crippen LogP) is 3.71. The summed E-state index contributed by atoms with van der Waals surface area (Å²) in [4.78, 5) is 25.7. The first-order valence-corrected chi connectivity index (χ1v) is 10.7. The minimum absolute atomic E-state index is 0.0904. The molecule has 1 amide bonds. The minimum atomic E-state index is -4.62. The number of benzene rings is 1. The lowest BCUT2D eigenvalue weighted by Gasteiger charge is -2.34. The fraction of sp³-hybridized carbons (Fsp3) is 0.333. The summed E-state index contributed by atoms with van der Waals surface area (Å²) in [5.74, 6) is 0.810. The van der Waals surface area contributed by atoms with Crippen molar-refractivity contribution in [2.75, 3.05) is 18.4 Å². The highest BCUT2D eigenvalue weighted by Gasteiger charge is 2.46. The maximum atomic E-state index is 13.2. The summed E-state index contributed by atoms with van der Waals surface area (Å²) in [5, 5.41) is 9.21. The van der Waals surface area contributed by atoms with E-state index in [0.717, 1.165) is 18.2 Å². The first kappa shape index (κ1) is 21.7. The summed E-state index contributed by atoms with van der Waals surface area (Å²) >= 11 is 5.97. The summed E-state index contributed by atoms with van der Waals surface area (Å²) in [6.07, 6.45) is 1.06. The number of hydrogen-bond acceptors (Lipinski definition) is 6. The van der Waals surface area contributed by atoms with Crippen LogP contribution in [0, 0.1) is 0 Å². The van der Waals surface area contributed by atoms with E-state index in [4.69, 9.17) is 11.6 Å². The average Bonchev–Trinajstić information content (AvgIpc) is 3.50. The molecule has 3 aromatic rings. The van der Waals surface area contributed by atoms with E-state index in [1.165, 1.54) is 12.1 Å². The molecular weight excluding hydrogens is 459 g/mol. The molecule has 0 spiro atoms. The smallest absolute Gasteiger partial charge is 0.333 e. The first-order valence-electron chi connectivity index (χ1n) is 10.3. The van der Waals surface area contributed by atoms with Gasteiger partial charge in [0.1, 0.15) is 11.6 Å². The summed E-state index contributed by atoms with van der Waals surface area (Å²) in [5.41, 5.74) is -0.344. The van der Waals surface area contributed by atoms with Crippen molar-refractivity contribution in [3.8, 4) is 0 Å². The van der Waals surface area contributed by atoms with Crippen LogP contribution < -0.4 is 5.32 Å². The van der Waals surface area contributed by atoms with Crippen LogP contribution in [0.15, 0.2) is 42.9 Å². The van der Waals surface area contributed by atoms with Crippen LogP contribution in [-0.4, -0.2) is 61.0 Å². The SMILES string of the molecule is O=C(c1cccc(C(F)(F)F)c1Cl)N1C[C@H]2C[C@@H]1CN2Cc1cncc(Nc2ccn[nH]2)n1. The lowest BCUT2D eigenvalue weighted by molar-refractivity contribution is -0.137. The Morgan fingerprint density at radius 3 is 2.76 bits per heavy atom. The van der Waals surface area contributed by atoms with Crippen molar-refractivity contribution in [3.63, 3.8) is 0 Å². The highest BCUT2D eigenvalue weighted by Crippen LogP contribution is 2.38. The van der Waals surface area contributed by atoms with Gasteiger partial charge in [0.05, 0.1) is 34.2 Å². The Bertz CT molecular complexity index is 1170. The maximum absolute atomic E-state index is 13.2. The molecule has 8 nitrogen and oxygen atoms in total. The number of alkyl halides is 3. The van der Waals surface area contributed by atoms with Crippen LogP contribution in [0.2, 0.25) is 5.02 Å². The molecule has 1 aromatic carbocycles. The van der Waals surface area contributed by atoms with Gasteiger partial charge in [0.15, 0.2) is 0 Å². The van der Waals surface area contributed by atoms with Gasteiger partial charge >= 0.3 is 6.18 Å². The van der Waals surface area contributed by atoms with Crippen molar-refractivity contribution in [3.05, 3.63) is 64.7 Å². The molecule has 0 aliphatic carbocycles. The molecular formula is C21H19ClF3N7O. The highest BCUT2D eigenvalue weighted by molar-refractivity contribution is 6.34. The molecule has 5 rings (SSSR count). The van der Waals surface area contributed by atoms with Crippen molar-refractivity contribution in [1.82, 2.24) is 30.0 Å². The zero-order valence-corrected chi connectivity index (χ0v) is 17.9. The predicted molar refractivity (Wildman–Crippen MR) is 114 cm³/mol. The molecule has 0 radical (unpaired) electrons. The molecule has 2 fully saturated rings. The lowest BCUT2D eigenvalue weighted by atomic mass is 10.1. The quantitative estimate of drug-likeness (QED) is 0.582. The molecule has 0 unspecified atom stereocenters. The van der Waals surface area contributed by atoms with E-state index >= 15 is 0 Å². The van der Waals surface area contributed by atoms with Gasteiger partial charge in [-0.2, -0.15) is 18.3 Å². The molecule has 2 aliphatic heterocycles. The number of amides is 1. The van der Waals surface area contributed by atoms with Crippen molar-refractivity contribution >= 4 is 29.1 Å². The number of fused-ring (bicyclic) bond motifs is 2. The van der Waals surface area contributed by atoms with Crippen LogP contribution in [0.25, 0.3) is 0 Å². The Kier molecular flexibility index (Phi) is 5.45. The van der Waals surface area contributed by atoms with Crippen molar-refractivity contribution in [1.29, 1.82) is 0 Å². The van der Waals surface area contributed by atoms with Gasteiger partial charge in [-0.15, -0.1) is 0 Å². The number of nitrogens with one attached hydrogen (secondary N) is 2. The van der Waals surface area contributed by atoms with E-state index in [1.54, 1.807) is 29.6 Å². The van der Waals surface area contributed by atoms with Gasteiger partial charge in [0.25, 0.3) is 5.91 Å². The number of aromatic amines is 1. The monoisotopic (exact) mass is 477 g/mol. The number of piperazine rings is 1. The Balaban J connectivity index is 1.25. The van der Waals surface area contributed by atoms with Crippen LogP contribution >= 0.6 is 11.6 Å².